The van der Waals surface area contributed by atoms with Crippen LogP contribution in [0.15, 0.2) is 6.20 Å². The maximum Gasteiger partial charge on any atom is 0.315 e. The lowest BCUT2D eigenvalue weighted by Gasteiger charge is -2.06. The predicted octanol–water partition coefficient (Wildman–Crippen LogP) is 1.81. The van der Waals surface area contributed by atoms with Crippen LogP contribution in [0.1, 0.15) is 37.9 Å². The van der Waals surface area contributed by atoms with Gasteiger partial charge in [0.2, 0.25) is 0 Å². The third-order valence-electron chi connectivity index (χ3n) is 2.63. The van der Waals surface area contributed by atoms with Crippen LogP contribution < -0.4 is 10.6 Å². The van der Waals surface area contributed by atoms with E-state index in [1.54, 1.807) is 0 Å². The first-order valence-electron chi connectivity index (χ1n) is 6.22. The molecule has 0 spiro atoms. The molecule has 0 aliphatic heterocycles. The number of nitrogens with zero attached hydrogens (tertiary/aromatic N) is 2. The fourth-order valence-electron chi connectivity index (χ4n) is 1.51. The second-order valence-corrected chi connectivity index (χ2v) is 4.06. The molecule has 96 valence electrons. The number of amides is 2. The third kappa shape index (κ3) is 4.46. The van der Waals surface area contributed by atoms with Gasteiger partial charge in [-0.05, 0) is 20.3 Å². The Morgan fingerprint density at radius 1 is 1.41 bits per heavy atom. The molecule has 0 aliphatic rings. The van der Waals surface area contributed by atoms with Crippen molar-refractivity contribution >= 4 is 6.03 Å². The molecule has 0 bridgehead atoms. The van der Waals surface area contributed by atoms with Gasteiger partial charge in [-0.3, -0.25) is 4.68 Å². The maximum absolute atomic E-state index is 11.4. The molecule has 5 nitrogen and oxygen atoms in total. The van der Waals surface area contributed by atoms with Crippen molar-refractivity contribution < 1.29 is 4.79 Å². The summed E-state index contributed by atoms with van der Waals surface area (Å²) in [5.74, 6) is 0. The average molecular weight is 238 g/mol. The van der Waals surface area contributed by atoms with E-state index in [1.165, 1.54) is 0 Å². The number of carbonyl (C=O) groups is 1. The number of nitrogens with one attached hydrogen (secondary N) is 2. The van der Waals surface area contributed by atoms with Gasteiger partial charge in [-0.1, -0.05) is 13.3 Å². The number of aryl methyl sites for hydroxylation is 2. The molecular weight excluding hydrogens is 216 g/mol. The van der Waals surface area contributed by atoms with Crippen LogP contribution in [-0.2, 0) is 13.1 Å². The highest BCUT2D eigenvalue weighted by molar-refractivity contribution is 5.73. The Morgan fingerprint density at radius 2 is 2.18 bits per heavy atom. The Hall–Kier alpha value is -1.52. The molecule has 0 fully saturated rings. The molecular formula is C12H22N4O. The van der Waals surface area contributed by atoms with Gasteiger partial charge in [-0.15, -0.1) is 0 Å². The number of hydrogen-bond acceptors (Lipinski definition) is 2. The highest BCUT2D eigenvalue weighted by Gasteiger charge is 2.05. The van der Waals surface area contributed by atoms with Crippen LogP contribution in [0.25, 0.3) is 0 Å². The summed E-state index contributed by atoms with van der Waals surface area (Å²) in [4.78, 5) is 11.4. The first-order valence-corrected chi connectivity index (χ1v) is 6.22. The molecule has 1 aromatic rings. The van der Waals surface area contributed by atoms with Crippen LogP contribution in [0.4, 0.5) is 4.79 Å². The summed E-state index contributed by atoms with van der Waals surface area (Å²) in [7, 11) is 0. The number of urea groups is 1. The molecule has 5 heteroatoms. The molecule has 0 aromatic carbocycles. The Bertz CT molecular complexity index is 359. The Labute approximate surface area is 103 Å². The zero-order valence-corrected chi connectivity index (χ0v) is 10.9. The van der Waals surface area contributed by atoms with Gasteiger partial charge in [0, 0.05) is 31.4 Å². The Balaban J connectivity index is 2.34. The van der Waals surface area contributed by atoms with Gasteiger partial charge < -0.3 is 10.6 Å². The second-order valence-electron chi connectivity index (χ2n) is 4.06. The Kier molecular flexibility index (Phi) is 5.52. The van der Waals surface area contributed by atoms with Crippen molar-refractivity contribution in [3.8, 4) is 0 Å². The standard InChI is InChI=1S/C12H22N4O/c1-4-6-7-13-12(17)14-8-11-9-16(5-2)15-10(11)3/h9H,4-8H2,1-3H3,(H2,13,14,17). The number of rotatable bonds is 6. The summed E-state index contributed by atoms with van der Waals surface area (Å²) < 4.78 is 1.88. The van der Waals surface area contributed by atoms with Gasteiger partial charge >= 0.3 is 6.03 Å². The van der Waals surface area contributed by atoms with E-state index >= 15 is 0 Å². The monoisotopic (exact) mass is 238 g/mol. The fourth-order valence-corrected chi connectivity index (χ4v) is 1.51. The molecule has 1 rings (SSSR count). The molecule has 0 atom stereocenters. The van der Waals surface area contributed by atoms with Gasteiger partial charge in [-0.2, -0.15) is 5.10 Å². The third-order valence-corrected chi connectivity index (χ3v) is 2.63. The topological polar surface area (TPSA) is 59.0 Å². The van der Waals surface area contributed by atoms with E-state index in [1.807, 2.05) is 24.7 Å². The van der Waals surface area contributed by atoms with Crippen molar-refractivity contribution in [2.75, 3.05) is 6.54 Å². The predicted molar refractivity (Wildman–Crippen MR) is 67.8 cm³/mol. The van der Waals surface area contributed by atoms with Crippen molar-refractivity contribution in [3.05, 3.63) is 17.5 Å². The molecule has 1 aromatic heterocycles. The molecule has 0 radical (unpaired) electrons. The Morgan fingerprint density at radius 3 is 2.76 bits per heavy atom. The van der Waals surface area contributed by atoms with E-state index in [-0.39, 0.29) is 6.03 Å². The van der Waals surface area contributed by atoms with Gasteiger partial charge in [0.15, 0.2) is 0 Å². The summed E-state index contributed by atoms with van der Waals surface area (Å²) in [5, 5.41) is 9.98. The molecule has 17 heavy (non-hydrogen) atoms. The zero-order valence-electron chi connectivity index (χ0n) is 10.9. The first-order chi connectivity index (χ1) is 8.17. The average Bonchev–Trinajstić information content (AvgIpc) is 2.68. The normalized spacial score (nSPS) is 10.3. The number of unbranched alkanes of at least 4 members (excludes halogenated alkanes) is 1. The van der Waals surface area contributed by atoms with Crippen molar-refractivity contribution in [2.45, 2.75) is 46.7 Å². The summed E-state index contributed by atoms with van der Waals surface area (Å²) in [6.45, 7) is 8.21. The van der Waals surface area contributed by atoms with E-state index in [4.69, 9.17) is 0 Å². The first kappa shape index (κ1) is 13.5. The van der Waals surface area contributed by atoms with Crippen molar-refractivity contribution in [3.63, 3.8) is 0 Å². The highest BCUT2D eigenvalue weighted by Crippen LogP contribution is 2.04. The lowest BCUT2D eigenvalue weighted by molar-refractivity contribution is 0.240. The molecule has 2 N–H and O–H groups in total. The summed E-state index contributed by atoms with van der Waals surface area (Å²) in [5.41, 5.74) is 2.04. The highest BCUT2D eigenvalue weighted by atomic mass is 16.2. The molecule has 0 aliphatic carbocycles. The van der Waals surface area contributed by atoms with E-state index in [9.17, 15) is 4.79 Å². The van der Waals surface area contributed by atoms with E-state index in [0.29, 0.717) is 6.54 Å². The van der Waals surface area contributed by atoms with Crippen LogP contribution >= 0.6 is 0 Å². The molecule has 0 saturated carbocycles. The molecule has 0 saturated heterocycles. The lowest BCUT2D eigenvalue weighted by atomic mass is 10.3. The van der Waals surface area contributed by atoms with E-state index in [2.05, 4.69) is 22.7 Å². The number of carbonyl (C=O) groups excluding carboxylic acids is 1. The van der Waals surface area contributed by atoms with Gasteiger partial charge in [0.25, 0.3) is 0 Å². The minimum Gasteiger partial charge on any atom is -0.338 e. The number of aromatic nitrogens is 2. The van der Waals surface area contributed by atoms with E-state index < -0.39 is 0 Å². The minimum absolute atomic E-state index is 0.109. The van der Waals surface area contributed by atoms with Crippen molar-refractivity contribution in [1.82, 2.24) is 20.4 Å². The largest absolute Gasteiger partial charge is 0.338 e. The summed E-state index contributed by atoms with van der Waals surface area (Å²) >= 11 is 0. The SMILES string of the molecule is CCCCNC(=O)NCc1cn(CC)nc1C. The fraction of sp³-hybridized carbons (Fsp3) is 0.667. The van der Waals surface area contributed by atoms with Crippen molar-refractivity contribution in [1.29, 1.82) is 0 Å². The number of hydrogen-bond donors (Lipinski definition) is 2. The van der Waals surface area contributed by atoms with Crippen LogP contribution in [0.5, 0.6) is 0 Å². The second kappa shape index (κ2) is 6.93. The van der Waals surface area contributed by atoms with Gasteiger partial charge in [-0.25, -0.2) is 4.79 Å². The van der Waals surface area contributed by atoms with Gasteiger partial charge in [0.05, 0.1) is 5.69 Å². The van der Waals surface area contributed by atoms with Crippen LogP contribution in [0, 0.1) is 6.92 Å². The van der Waals surface area contributed by atoms with Gasteiger partial charge in [0.1, 0.15) is 0 Å². The maximum atomic E-state index is 11.4. The van der Waals surface area contributed by atoms with E-state index in [0.717, 1.165) is 37.2 Å². The quantitative estimate of drug-likeness (QED) is 0.743. The minimum atomic E-state index is -0.109. The van der Waals surface area contributed by atoms with Crippen LogP contribution in [-0.4, -0.2) is 22.4 Å². The molecule has 1 heterocycles. The summed E-state index contributed by atoms with van der Waals surface area (Å²) in [6.07, 6.45) is 4.07. The molecule has 2 amide bonds. The zero-order chi connectivity index (χ0) is 12.7. The van der Waals surface area contributed by atoms with Crippen LogP contribution in [0.3, 0.4) is 0 Å². The molecule has 0 unspecified atom stereocenters. The van der Waals surface area contributed by atoms with Crippen LogP contribution in [0.2, 0.25) is 0 Å². The smallest absolute Gasteiger partial charge is 0.315 e. The van der Waals surface area contributed by atoms with Crippen molar-refractivity contribution in [2.24, 2.45) is 0 Å². The lowest BCUT2D eigenvalue weighted by Crippen LogP contribution is -2.35. The summed E-state index contributed by atoms with van der Waals surface area (Å²) in [6, 6.07) is -0.109.